The molecule has 0 unspecified atom stereocenters. The number of hydrogen-bond donors (Lipinski definition) is 1. The highest BCUT2D eigenvalue weighted by atomic mass is 79.9. The molecule has 0 spiro atoms. The summed E-state index contributed by atoms with van der Waals surface area (Å²) in [6.07, 6.45) is 3.19. The summed E-state index contributed by atoms with van der Waals surface area (Å²) in [5.41, 5.74) is 0.948. The van der Waals surface area contributed by atoms with Gasteiger partial charge in [-0.1, -0.05) is 22.0 Å². The number of halogens is 1. The molecule has 1 aromatic heterocycles. The number of carbonyl (C=O) groups is 1. The predicted octanol–water partition coefficient (Wildman–Crippen LogP) is 4.32. The van der Waals surface area contributed by atoms with Crippen LogP contribution in [0.3, 0.4) is 0 Å². The van der Waals surface area contributed by atoms with Crippen molar-refractivity contribution in [3.8, 4) is 0 Å². The van der Waals surface area contributed by atoms with Gasteiger partial charge >= 0.3 is 0 Å². The van der Waals surface area contributed by atoms with Crippen molar-refractivity contribution in [3.05, 3.63) is 63.4 Å². The minimum atomic E-state index is 0.0182. The first-order valence-corrected chi connectivity index (χ1v) is 6.69. The van der Waals surface area contributed by atoms with Crippen molar-refractivity contribution in [1.29, 1.82) is 0 Å². The van der Waals surface area contributed by atoms with E-state index < -0.39 is 0 Å². The zero-order chi connectivity index (χ0) is 12.1. The van der Waals surface area contributed by atoms with Crippen molar-refractivity contribution in [2.45, 2.75) is 0 Å². The van der Waals surface area contributed by atoms with E-state index in [1.165, 1.54) is 17.4 Å². The van der Waals surface area contributed by atoms with E-state index in [-0.39, 0.29) is 5.78 Å². The summed E-state index contributed by atoms with van der Waals surface area (Å²) in [6.45, 7) is 0. The molecule has 1 heterocycles. The second-order valence-electron chi connectivity index (χ2n) is 3.33. The van der Waals surface area contributed by atoms with Gasteiger partial charge in [0.15, 0.2) is 5.78 Å². The summed E-state index contributed by atoms with van der Waals surface area (Å²) in [5.74, 6) is 0.0182. The standard InChI is InChI=1S/C13H10BrNOS/c14-10-3-5-11(6-4-10)15-8-7-12(16)13-2-1-9-17-13/h1-9,15H. The van der Waals surface area contributed by atoms with E-state index in [1.807, 2.05) is 41.8 Å². The van der Waals surface area contributed by atoms with Crippen LogP contribution in [0, 0.1) is 0 Å². The zero-order valence-corrected chi connectivity index (χ0v) is 11.3. The summed E-state index contributed by atoms with van der Waals surface area (Å²) in [7, 11) is 0. The highest BCUT2D eigenvalue weighted by Gasteiger charge is 2.00. The zero-order valence-electron chi connectivity index (χ0n) is 8.89. The van der Waals surface area contributed by atoms with Gasteiger partial charge in [-0.15, -0.1) is 11.3 Å². The van der Waals surface area contributed by atoms with Crippen LogP contribution in [0.25, 0.3) is 0 Å². The van der Waals surface area contributed by atoms with Gasteiger partial charge in [0.05, 0.1) is 4.88 Å². The van der Waals surface area contributed by atoms with Gasteiger partial charge in [0.2, 0.25) is 0 Å². The third-order valence-electron chi connectivity index (χ3n) is 2.09. The largest absolute Gasteiger partial charge is 0.362 e. The molecule has 86 valence electrons. The molecule has 1 N–H and O–H groups in total. The quantitative estimate of drug-likeness (QED) is 0.673. The van der Waals surface area contributed by atoms with E-state index in [0.29, 0.717) is 0 Å². The fraction of sp³-hybridized carbons (Fsp3) is 0. The highest BCUT2D eigenvalue weighted by Crippen LogP contribution is 2.14. The van der Waals surface area contributed by atoms with Crippen LogP contribution in [0.5, 0.6) is 0 Å². The van der Waals surface area contributed by atoms with Gasteiger partial charge in [0.25, 0.3) is 0 Å². The molecule has 0 atom stereocenters. The van der Waals surface area contributed by atoms with Gasteiger partial charge in [0, 0.05) is 22.4 Å². The first kappa shape index (κ1) is 12.1. The summed E-state index contributed by atoms with van der Waals surface area (Å²) < 4.78 is 1.03. The molecule has 0 amide bonds. The Labute approximate surface area is 112 Å². The molecule has 0 aliphatic rings. The van der Waals surface area contributed by atoms with E-state index in [4.69, 9.17) is 0 Å². The van der Waals surface area contributed by atoms with E-state index in [2.05, 4.69) is 21.2 Å². The molecule has 0 bridgehead atoms. The second-order valence-corrected chi connectivity index (χ2v) is 5.19. The molecule has 0 saturated carbocycles. The fourth-order valence-electron chi connectivity index (χ4n) is 1.26. The molecular formula is C13H10BrNOS. The Hall–Kier alpha value is -1.39. The van der Waals surface area contributed by atoms with Gasteiger partial charge in [0.1, 0.15) is 0 Å². The number of nitrogens with one attached hydrogen (secondary N) is 1. The van der Waals surface area contributed by atoms with E-state index in [1.54, 1.807) is 6.20 Å². The van der Waals surface area contributed by atoms with Crippen LogP contribution < -0.4 is 5.32 Å². The Bertz CT molecular complexity index is 517. The first-order chi connectivity index (χ1) is 8.25. The molecule has 0 aliphatic carbocycles. The predicted molar refractivity (Wildman–Crippen MR) is 75.6 cm³/mol. The lowest BCUT2D eigenvalue weighted by Crippen LogP contribution is -1.93. The molecule has 0 fully saturated rings. The van der Waals surface area contributed by atoms with Crippen molar-refractivity contribution in [1.82, 2.24) is 0 Å². The number of hydrogen-bond acceptors (Lipinski definition) is 3. The monoisotopic (exact) mass is 307 g/mol. The van der Waals surface area contributed by atoms with Crippen LogP contribution in [0.2, 0.25) is 0 Å². The molecule has 0 radical (unpaired) electrons. The Morgan fingerprint density at radius 2 is 2.00 bits per heavy atom. The lowest BCUT2D eigenvalue weighted by molar-refractivity contribution is 0.105. The van der Waals surface area contributed by atoms with E-state index >= 15 is 0 Å². The van der Waals surface area contributed by atoms with Crippen molar-refractivity contribution in [2.75, 3.05) is 5.32 Å². The van der Waals surface area contributed by atoms with Crippen LogP contribution >= 0.6 is 27.3 Å². The van der Waals surface area contributed by atoms with Crippen LogP contribution in [0.1, 0.15) is 9.67 Å². The molecular weight excluding hydrogens is 298 g/mol. The Morgan fingerprint density at radius 3 is 2.65 bits per heavy atom. The van der Waals surface area contributed by atoms with Crippen molar-refractivity contribution in [2.24, 2.45) is 0 Å². The SMILES string of the molecule is O=C(C=CNc1ccc(Br)cc1)c1cccs1. The molecule has 2 rings (SSSR count). The molecule has 4 heteroatoms. The maximum absolute atomic E-state index is 11.6. The number of carbonyl (C=O) groups excluding carboxylic acids is 1. The molecule has 17 heavy (non-hydrogen) atoms. The topological polar surface area (TPSA) is 29.1 Å². The maximum Gasteiger partial charge on any atom is 0.197 e. The first-order valence-electron chi connectivity index (χ1n) is 5.02. The van der Waals surface area contributed by atoms with Crippen LogP contribution in [-0.4, -0.2) is 5.78 Å². The third-order valence-corrected chi connectivity index (χ3v) is 3.51. The minimum Gasteiger partial charge on any atom is -0.362 e. The Kier molecular flexibility index (Phi) is 4.12. The fourth-order valence-corrected chi connectivity index (χ4v) is 2.17. The minimum absolute atomic E-state index is 0.0182. The summed E-state index contributed by atoms with van der Waals surface area (Å²) in [4.78, 5) is 12.4. The van der Waals surface area contributed by atoms with Gasteiger partial charge in [-0.2, -0.15) is 0 Å². The molecule has 2 nitrogen and oxygen atoms in total. The summed E-state index contributed by atoms with van der Waals surface area (Å²) >= 11 is 4.81. The normalized spacial score (nSPS) is 10.6. The molecule has 0 saturated heterocycles. The second kappa shape index (κ2) is 5.80. The van der Waals surface area contributed by atoms with Gasteiger partial charge in [-0.25, -0.2) is 0 Å². The number of benzene rings is 1. The highest BCUT2D eigenvalue weighted by molar-refractivity contribution is 9.10. The summed E-state index contributed by atoms with van der Waals surface area (Å²) in [6, 6.07) is 11.4. The number of ketones is 1. The number of thiophene rings is 1. The van der Waals surface area contributed by atoms with E-state index in [9.17, 15) is 4.79 Å². The number of rotatable bonds is 4. The number of allylic oxidation sites excluding steroid dienone is 1. The van der Waals surface area contributed by atoms with Crippen molar-refractivity contribution >= 4 is 38.7 Å². The average molecular weight is 308 g/mol. The van der Waals surface area contributed by atoms with Crippen LogP contribution in [-0.2, 0) is 0 Å². The third kappa shape index (κ3) is 3.54. The van der Waals surface area contributed by atoms with Crippen molar-refractivity contribution < 1.29 is 4.79 Å². The maximum atomic E-state index is 11.6. The van der Waals surface area contributed by atoms with Crippen molar-refractivity contribution in [3.63, 3.8) is 0 Å². The average Bonchev–Trinajstić information content (AvgIpc) is 2.85. The van der Waals surface area contributed by atoms with Crippen LogP contribution in [0.15, 0.2) is 58.5 Å². The smallest absolute Gasteiger partial charge is 0.197 e. The van der Waals surface area contributed by atoms with Gasteiger partial charge in [-0.3, -0.25) is 4.79 Å². The molecule has 0 aliphatic heterocycles. The summed E-state index contributed by atoms with van der Waals surface area (Å²) in [5, 5.41) is 4.94. The Morgan fingerprint density at radius 1 is 1.24 bits per heavy atom. The van der Waals surface area contributed by atoms with Gasteiger partial charge in [-0.05, 0) is 35.7 Å². The molecule has 2 aromatic rings. The van der Waals surface area contributed by atoms with Gasteiger partial charge < -0.3 is 5.32 Å². The molecule has 1 aromatic carbocycles. The Balaban J connectivity index is 1.94. The lowest BCUT2D eigenvalue weighted by Gasteiger charge is -1.99. The van der Waals surface area contributed by atoms with E-state index in [0.717, 1.165) is 15.0 Å². The lowest BCUT2D eigenvalue weighted by atomic mass is 10.3. The van der Waals surface area contributed by atoms with Crippen LogP contribution in [0.4, 0.5) is 5.69 Å². The number of anilines is 1.